The normalized spacial score (nSPS) is 10.0. The summed E-state index contributed by atoms with van der Waals surface area (Å²) in [6.45, 7) is 1.93. The van der Waals surface area contributed by atoms with E-state index in [4.69, 9.17) is 11.5 Å². The molecule has 19 heavy (non-hydrogen) atoms. The Bertz CT molecular complexity index is 472. The fourth-order valence-corrected chi connectivity index (χ4v) is 1.69. The van der Waals surface area contributed by atoms with Gasteiger partial charge in [-0.3, -0.25) is 0 Å². The van der Waals surface area contributed by atoms with E-state index in [2.05, 4.69) is 5.92 Å². The maximum atomic E-state index is 10.5. The number of aliphatic hydroxyl groups is 2. The first-order valence-electron chi connectivity index (χ1n) is 6.11. The molecule has 0 spiro atoms. The first kappa shape index (κ1) is 15.0. The van der Waals surface area contributed by atoms with Crippen LogP contribution in [0.4, 0.5) is 0 Å². The summed E-state index contributed by atoms with van der Waals surface area (Å²) in [6.07, 6.45) is 5.47. The van der Waals surface area contributed by atoms with Gasteiger partial charge in [-0.1, -0.05) is 66.6 Å². The van der Waals surface area contributed by atoms with Crippen LogP contribution < -0.4 is 0 Å². The van der Waals surface area contributed by atoms with Crippen molar-refractivity contribution in [1.82, 2.24) is 0 Å². The van der Waals surface area contributed by atoms with Gasteiger partial charge < -0.3 is 10.2 Å². The molecule has 0 aliphatic heterocycles. The zero-order valence-corrected chi connectivity index (χ0v) is 11.0. The molecule has 2 aromatic carbocycles. The molecule has 0 saturated carbocycles. The van der Waals surface area contributed by atoms with Gasteiger partial charge in [-0.2, -0.15) is 0 Å². The lowest BCUT2D eigenvalue weighted by Gasteiger charge is -2.23. The van der Waals surface area contributed by atoms with Crippen molar-refractivity contribution < 1.29 is 10.2 Å². The topological polar surface area (TPSA) is 40.5 Å². The van der Waals surface area contributed by atoms with Gasteiger partial charge in [0.1, 0.15) is 0 Å². The molecule has 2 rings (SSSR count). The first-order chi connectivity index (χ1) is 9.19. The molecular weight excluding hydrogens is 236 g/mol. The minimum Gasteiger partial charge on any atom is -0.397 e. The van der Waals surface area contributed by atoms with Crippen LogP contribution in [0.25, 0.3) is 0 Å². The Labute approximate surface area is 114 Å². The van der Waals surface area contributed by atoms with Crippen molar-refractivity contribution in [3.8, 4) is 12.3 Å². The Hall–Kier alpha value is -2.08. The lowest BCUT2D eigenvalue weighted by Crippen LogP contribution is -2.24. The van der Waals surface area contributed by atoms with Crippen LogP contribution >= 0.6 is 0 Å². The van der Waals surface area contributed by atoms with E-state index in [0.717, 1.165) is 0 Å². The zero-order chi connectivity index (χ0) is 14.1. The van der Waals surface area contributed by atoms with Crippen molar-refractivity contribution in [1.29, 1.82) is 0 Å². The summed E-state index contributed by atoms with van der Waals surface area (Å²) in [5.41, 5.74) is 0.0788. The molecule has 0 amide bonds. The number of terminal acetylenes is 1. The Morgan fingerprint density at radius 3 is 1.53 bits per heavy atom. The number of aliphatic hydroxyl groups excluding tert-OH is 1. The maximum absolute atomic E-state index is 10.5. The average molecular weight is 254 g/mol. The van der Waals surface area contributed by atoms with Gasteiger partial charge in [0.15, 0.2) is 5.60 Å². The third-order valence-corrected chi connectivity index (χ3v) is 2.59. The Balaban J connectivity index is 0.000000550. The SMILES string of the molecule is C#CC(O)(c1ccccc1)c1ccccc1.CCO. The third-order valence-electron chi connectivity index (χ3n) is 2.59. The molecule has 0 aromatic heterocycles. The summed E-state index contributed by atoms with van der Waals surface area (Å²) in [4.78, 5) is 0. The standard InChI is InChI=1S/C15H12O.C2H6O/c1-2-15(16,13-9-5-3-6-10-13)14-11-7-4-8-12-14;1-2-3/h1,3-12,16H;3H,2H2,1H3. The van der Waals surface area contributed by atoms with Crippen LogP contribution in [0.1, 0.15) is 18.1 Å². The number of hydrogen-bond donors (Lipinski definition) is 2. The molecule has 0 bridgehead atoms. The summed E-state index contributed by atoms with van der Waals surface area (Å²) >= 11 is 0. The highest BCUT2D eigenvalue weighted by molar-refractivity contribution is 5.43. The van der Waals surface area contributed by atoms with E-state index in [1.165, 1.54) is 0 Å². The minimum absolute atomic E-state index is 0.250. The van der Waals surface area contributed by atoms with Gasteiger partial charge in [-0.15, -0.1) is 6.42 Å². The van der Waals surface area contributed by atoms with Crippen molar-refractivity contribution in [2.24, 2.45) is 0 Å². The predicted octanol–water partition coefficient (Wildman–Crippen LogP) is 2.55. The molecule has 0 fully saturated rings. The summed E-state index contributed by atoms with van der Waals surface area (Å²) in [5, 5.41) is 18.1. The van der Waals surface area contributed by atoms with Gasteiger partial charge in [0, 0.05) is 17.7 Å². The molecule has 2 nitrogen and oxygen atoms in total. The second kappa shape index (κ2) is 7.38. The van der Waals surface area contributed by atoms with Crippen molar-refractivity contribution in [3.63, 3.8) is 0 Å². The van der Waals surface area contributed by atoms with Gasteiger partial charge in [0.25, 0.3) is 0 Å². The summed E-state index contributed by atoms with van der Waals surface area (Å²) < 4.78 is 0. The summed E-state index contributed by atoms with van der Waals surface area (Å²) in [5.74, 6) is 2.47. The van der Waals surface area contributed by atoms with E-state index in [9.17, 15) is 5.11 Å². The van der Waals surface area contributed by atoms with Crippen molar-refractivity contribution in [2.75, 3.05) is 6.61 Å². The number of hydrogen-bond acceptors (Lipinski definition) is 2. The van der Waals surface area contributed by atoms with Crippen LogP contribution in [0.5, 0.6) is 0 Å². The van der Waals surface area contributed by atoms with Crippen LogP contribution in [-0.4, -0.2) is 16.8 Å². The smallest absolute Gasteiger partial charge is 0.176 e. The molecule has 0 heterocycles. The highest BCUT2D eigenvalue weighted by Crippen LogP contribution is 2.28. The van der Waals surface area contributed by atoms with E-state index in [-0.39, 0.29) is 6.61 Å². The Kier molecular flexibility index (Phi) is 5.81. The van der Waals surface area contributed by atoms with Gasteiger partial charge in [0.05, 0.1) is 0 Å². The second-order valence-electron chi connectivity index (χ2n) is 3.90. The lowest BCUT2D eigenvalue weighted by molar-refractivity contribution is 0.145. The highest BCUT2D eigenvalue weighted by atomic mass is 16.3. The van der Waals surface area contributed by atoms with E-state index in [1.807, 2.05) is 60.7 Å². The second-order valence-corrected chi connectivity index (χ2v) is 3.90. The highest BCUT2D eigenvalue weighted by Gasteiger charge is 2.28. The van der Waals surface area contributed by atoms with Crippen LogP contribution in [0.2, 0.25) is 0 Å². The monoisotopic (exact) mass is 254 g/mol. The molecule has 2 aromatic rings. The number of rotatable bonds is 2. The maximum Gasteiger partial charge on any atom is 0.176 e. The fourth-order valence-electron chi connectivity index (χ4n) is 1.69. The molecule has 0 atom stereocenters. The molecule has 2 N–H and O–H groups in total. The van der Waals surface area contributed by atoms with Gasteiger partial charge in [0.2, 0.25) is 0 Å². The molecule has 98 valence electrons. The van der Waals surface area contributed by atoms with E-state index in [0.29, 0.717) is 11.1 Å². The Morgan fingerprint density at radius 2 is 1.26 bits per heavy atom. The van der Waals surface area contributed by atoms with Gasteiger partial charge in [-0.25, -0.2) is 0 Å². The van der Waals surface area contributed by atoms with E-state index >= 15 is 0 Å². The van der Waals surface area contributed by atoms with Crippen LogP contribution in [0.15, 0.2) is 60.7 Å². The molecule has 2 heteroatoms. The molecule has 0 aliphatic rings. The van der Waals surface area contributed by atoms with Crippen molar-refractivity contribution in [3.05, 3.63) is 71.8 Å². The third kappa shape index (κ3) is 3.69. The number of benzene rings is 2. The molecule has 0 radical (unpaired) electrons. The molecule has 0 saturated heterocycles. The quantitative estimate of drug-likeness (QED) is 0.809. The average Bonchev–Trinajstić information content (AvgIpc) is 2.49. The largest absolute Gasteiger partial charge is 0.397 e. The van der Waals surface area contributed by atoms with Gasteiger partial charge in [-0.05, 0) is 6.92 Å². The predicted molar refractivity (Wildman–Crippen MR) is 77.5 cm³/mol. The van der Waals surface area contributed by atoms with E-state index < -0.39 is 5.60 Å². The van der Waals surface area contributed by atoms with Gasteiger partial charge >= 0.3 is 0 Å². The van der Waals surface area contributed by atoms with Crippen LogP contribution in [-0.2, 0) is 5.60 Å². The Morgan fingerprint density at radius 1 is 0.947 bits per heavy atom. The lowest BCUT2D eigenvalue weighted by atomic mass is 9.87. The molecular formula is C17H18O2. The molecule has 0 unspecified atom stereocenters. The summed E-state index contributed by atoms with van der Waals surface area (Å²) in [7, 11) is 0. The van der Waals surface area contributed by atoms with Crippen LogP contribution in [0, 0.1) is 12.3 Å². The van der Waals surface area contributed by atoms with Crippen molar-refractivity contribution in [2.45, 2.75) is 12.5 Å². The fraction of sp³-hybridized carbons (Fsp3) is 0.176. The first-order valence-corrected chi connectivity index (χ1v) is 6.11. The molecule has 0 aliphatic carbocycles. The summed E-state index contributed by atoms with van der Waals surface area (Å²) in [6, 6.07) is 18.5. The zero-order valence-electron chi connectivity index (χ0n) is 11.0. The van der Waals surface area contributed by atoms with Crippen LogP contribution in [0.3, 0.4) is 0 Å². The van der Waals surface area contributed by atoms with Crippen molar-refractivity contribution >= 4 is 0 Å². The van der Waals surface area contributed by atoms with E-state index in [1.54, 1.807) is 6.92 Å². The minimum atomic E-state index is -1.34.